The topological polar surface area (TPSA) is 38.9 Å². The molecule has 2 N–H and O–H groups in total. The Bertz CT molecular complexity index is 450. The summed E-state index contributed by atoms with van der Waals surface area (Å²) >= 11 is 1.29. The molecular weight excluding hydrogens is 187 g/mol. The van der Waals surface area contributed by atoms with Crippen molar-refractivity contribution in [2.24, 2.45) is 5.73 Å². The molecule has 1 heterocycles. The summed E-state index contributed by atoms with van der Waals surface area (Å²) in [6, 6.07) is 3.64. The predicted molar refractivity (Wildman–Crippen MR) is 52.2 cm³/mol. The number of rotatable bonds is 1. The molecule has 0 spiro atoms. The maximum atomic E-state index is 13.6. The standard InChI is InChI=1S/C9H9FN2S/c1-5-2-3-7-8(9(5)10)6(4-11)12-13-7/h2-3H,4,11H2,1H3. The minimum absolute atomic E-state index is 0.188. The van der Waals surface area contributed by atoms with Crippen LogP contribution in [0.5, 0.6) is 0 Å². The molecule has 2 nitrogen and oxygen atoms in total. The third-order valence-corrected chi connectivity index (χ3v) is 2.88. The molecule has 68 valence electrons. The summed E-state index contributed by atoms with van der Waals surface area (Å²) in [6.07, 6.45) is 0. The fraction of sp³-hybridized carbons (Fsp3) is 0.222. The number of hydrogen-bond donors (Lipinski definition) is 1. The van der Waals surface area contributed by atoms with Crippen molar-refractivity contribution in [3.05, 3.63) is 29.2 Å². The summed E-state index contributed by atoms with van der Waals surface area (Å²) in [6.45, 7) is 2.03. The lowest BCUT2D eigenvalue weighted by atomic mass is 10.1. The first-order valence-corrected chi connectivity index (χ1v) is 4.75. The van der Waals surface area contributed by atoms with Gasteiger partial charge < -0.3 is 5.73 Å². The highest BCUT2D eigenvalue weighted by atomic mass is 32.1. The zero-order valence-electron chi connectivity index (χ0n) is 7.17. The first-order chi connectivity index (χ1) is 6.24. The van der Waals surface area contributed by atoms with Crippen LogP contribution in [0.25, 0.3) is 10.1 Å². The van der Waals surface area contributed by atoms with Crippen molar-refractivity contribution in [2.45, 2.75) is 13.5 Å². The van der Waals surface area contributed by atoms with Crippen molar-refractivity contribution < 1.29 is 4.39 Å². The number of halogens is 1. The molecule has 0 unspecified atom stereocenters. The number of nitrogens with zero attached hydrogens (tertiary/aromatic N) is 1. The fourth-order valence-electron chi connectivity index (χ4n) is 1.30. The van der Waals surface area contributed by atoms with Gasteiger partial charge in [0.2, 0.25) is 0 Å². The second-order valence-electron chi connectivity index (χ2n) is 2.90. The zero-order valence-corrected chi connectivity index (χ0v) is 7.99. The Hall–Kier alpha value is -1.00. The Morgan fingerprint density at radius 2 is 2.31 bits per heavy atom. The van der Waals surface area contributed by atoms with Gasteiger partial charge in [0, 0.05) is 6.54 Å². The van der Waals surface area contributed by atoms with Gasteiger partial charge in [-0.1, -0.05) is 6.07 Å². The Kier molecular flexibility index (Phi) is 2.01. The Labute approximate surface area is 79.3 Å². The van der Waals surface area contributed by atoms with Gasteiger partial charge in [-0.05, 0) is 30.1 Å². The minimum Gasteiger partial charge on any atom is -0.325 e. The van der Waals surface area contributed by atoms with Gasteiger partial charge in [-0.15, -0.1) is 0 Å². The summed E-state index contributed by atoms with van der Waals surface area (Å²) in [5.74, 6) is -0.188. The summed E-state index contributed by atoms with van der Waals surface area (Å²) < 4.78 is 18.5. The van der Waals surface area contributed by atoms with Crippen LogP contribution in [0.15, 0.2) is 12.1 Å². The highest BCUT2D eigenvalue weighted by molar-refractivity contribution is 7.13. The third-order valence-electron chi connectivity index (χ3n) is 2.03. The van der Waals surface area contributed by atoms with Crippen LogP contribution < -0.4 is 5.73 Å². The van der Waals surface area contributed by atoms with E-state index in [1.54, 1.807) is 13.0 Å². The lowest BCUT2D eigenvalue weighted by Crippen LogP contribution is -1.97. The number of hydrogen-bond acceptors (Lipinski definition) is 3. The summed E-state index contributed by atoms with van der Waals surface area (Å²) in [4.78, 5) is 0. The van der Waals surface area contributed by atoms with Gasteiger partial charge in [0.1, 0.15) is 5.82 Å². The van der Waals surface area contributed by atoms with Gasteiger partial charge in [0.15, 0.2) is 0 Å². The molecular formula is C9H9FN2S. The fourth-order valence-corrected chi connectivity index (χ4v) is 2.10. The van der Waals surface area contributed by atoms with Crippen molar-refractivity contribution in [3.63, 3.8) is 0 Å². The molecule has 0 aliphatic rings. The van der Waals surface area contributed by atoms with Crippen LogP contribution in [0.3, 0.4) is 0 Å². The SMILES string of the molecule is Cc1ccc2snc(CN)c2c1F. The molecule has 0 aliphatic heterocycles. The largest absolute Gasteiger partial charge is 0.325 e. The van der Waals surface area contributed by atoms with E-state index in [0.29, 0.717) is 23.2 Å². The zero-order chi connectivity index (χ0) is 9.42. The van der Waals surface area contributed by atoms with Crippen molar-refractivity contribution in [3.8, 4) is 0 Å². The van der Waals surface area contributed by atoms with Gasteiger partial charge in [0.25, 0.3) is 0 Å². The predicted octanol–water partition coefficient (Wildman–Crippen LogP) is 2.20. The Morgan fingerprint density at radius 1 is 1.54 bits per heavy atom. The summed E-state index contributed by atoms with van der Waals surface area (Å²) in [5, 5.41) is 0.590. The molecule has 4 heteroatoms. The van der Waals surface area contributed by atoms with Gasteiger partial charge >= 0.3 is 0 Å². The van der Waals surface area contributed by atoms with Crippen LogP contribution in [-0.2, 0) is 6.54 Å². The van der Waals surface area contributed by atoms with E-state index in [0.717, 1.165) is 4.70 Å². The molecule has 1 aromatic carbocycles. The molecule has 2 aromatic rings. The molecule has 0 aliphatic carbocycles. The van der Waals surface area contributed by atoms with Gasteiger partial charge in [-0.25, -0.2) is 4.39 Å². The molecule has 0 radical (unpaired) electrons. The smallest absolute Gasteiger partial charge is 0.136 e. The number of aryl methyl sites for hydroxylation is 1. The van der Waals surface area contributed by atoms with E-state index in [4.69, 9.17) is 5.73 Å². The molecule has 13 heavy (non-hydrogen) atoms. The van der Waals surface area contributed by atoms with Gasteiger partial charge in [0.05, 0.1) is 15.8 Å². The molecule has 2 rings (SSSR count). The molecule has 0 fully saturated rings. The normalized spacial score (nSPS) is 11.0. The first-order valence-electron chi connectivity index (χ1n) is 3.97. The van der Waals surface area contributed by atoms with Crippen LogP contribution in [0.2, 0.25) is 0 Å². The van der Waals surface area contributed by atoms with Gasteiger partial charge in [-0.2, -0.15) is 4.37 Å². The van der Waals surface area contributed by atoms with Crippen molar-refractivity contribution in [1.29, 1.82) is 0 Å². The second-order valence-corrected chi connectivity index (χ2v) is 3.71. The van der Waals surface area contributed by atoms with Crippen molar-refractivity contribution in [1.82, 2.24) is 4.37 Å². The lowest BCUT2D eigenvalue weighted by molar-refractivity contribution is 0.629. The molecule has 1 aromatic heterocycles. The molecule has 0 saturated carbocycles. The monoisotopic (exact) mass is 196 g/mol. The summed E-state index contributed by atoms with van der Waals surface area (Å²) in [5.41, 5.74) is 6.75. The van der Waals surface area contributed by atoms with Gasteiger partial charge in [-0.3, -0.25) is 0 Å². The highest BCUT2D eigenvalue weighted by Gasteiger charge is 2.11. The lowest BCUT2D eigenvalue weighted by Gasteiger charge is -1.98. The average Bonchev–Trinajstić information content (AvgIpc) is 2.55. The maximum absolute atomic E-state index is 13.6. The average molecular weight is 196 g/mol. The van der Waals surface area contributed by atoms with E-state index >= 15 is 0 Å². The van der Waals surface area contributed by atoms with Crippen LogP contribution in [0, 0.1) is 12.7 Å². The van der Waals surface area contributed by atoms with E-state index in [9.17, 15) is 4.39 Å². The van der Waals surface area contributed by atoms with Crippen LogP contribution in [-0.4, -0.2) is 4.37 Å². The van der Waals surface area contributed by atoms with Crippen LogP contribution >= 0.6 is 11.5 Å². The summed E-state index contributed by atoms with van der Waals surface area (Å²) in [7, 11) is 0. The number of nitrogens with two attached hydrogens (primary N) is 1. The molecule has 0 atom stereocenters. The Morgan fingerprint density at radius 3 is 3.00 bits per heavy atom. The highest BCUT2D eigenvalue weighted by Crippen LogP contribution is 2.26. The molecule has 0 bridgehead atoms. The van der Waals surface area contributed by atoms with Crippen molar-refractivity contribution in [2.75, 3.05) is 0 Å². The van der Waals surface area contributed by atoms with E-state index in [2.05, 4.69) is 4.37 Å². The number of aromatic nitrogens is 1. The van der Waals surface area contributed by atoms with Crippen LogP contribution in [0.1, 0.15) is 11.3 Å². The molecule has 0 amide bonds. The number of fused-ring (bicyclic) bond motifs is 1. The number of benzene rings is 1. The van der Waals surface area contributed by atoms with E-state index in [1.165, 1.54) is 11.5 Å². The Balaban J connectivity index is 2.85. The van der Waals surface area contributed by atoms with Crippen molar-refractivity contribution >= 4 is 21.6 Å². The second kappa shape index (κ2) is 3.05. The van der Waals surface area contributed by atoms with E-state index < -0.39 is 0 Å². The molecule has 0 saturated heterocycles. The first kappa shape index (κ1) is 8.59. The van der Waals surface area contributed by atoms with E-state index in [-0.39, 0.29) is 5.82 Å². The van der Waals surface area contributed by atoms with Crippen LogP contribution in [0.4, 0.5) is 4.39 Å². The quantitative estimate of drug-likeness (QED) is 0.759. The maximum Gasteiger partial charge on any atom is 0.136 e. The third kappa shape index (κ3) is 1.22. The van der Waals surface area contributed by atoms with E-state index in [1.807, 2.05) is 6.07 Å². The minimum atomic E-state index is -0.188.